The molecule has 0 amide bonds. The molecule has 0 N–H and O–H groups in total. The molecule has 2 nitrogen and oxygen atoms in total. The molecule has 0 unspecified atom stereocenters. The second-order valence-electron chi connectivity index (χ2n) is 15.3. The van der Waals surface area contributed by atoms with Crippen molar-refractivity contribution in [1.82, 2.24) is 0 Å². The average Bonchev–Trinajstić information content (AvgIpc) is 3.73. The molecule has 0 saturated carbocycles. The predicted molar refractivity (Wildman–Crippen MR) is 232 cm³/mol. The highest BCUT2D eigenvalue weighted by Crippen LogP contribution is 2.51. The fraction of sp³-hybridized carbons (Fsp3) is 0.0566. The van der Waals surface area contributed by atoms with E-state index in [1.807, 2.05) is 6.07 Å². The molecule has 1 aliphatic carbocycles. The van der Waals surface area contributed by atoms with Gasteiger partial charge >= 0.3 is 0 Å². The van der Waals surface area contributed by atoms with Crippen LogP contribution in [0.15, 0.2) is 192 Å². The van der Waals surface area contributed by atoms with E-state index < -0.39 is 0 Å². The highest BCUT2D eigenvalue weighted by atomic mass is 16.3. The maximum atomic E-state index is 6.25. The molecule has 1 aromatic heterocycles. The largest absolute Gasteiger partial charge is 0.456 e. The molecule has 0 saturated heterocycles. The lowest BCUT2D eigenvalue weighted by Crippen LogP contribution is -2.15. The Balaban J connectivity index is 1.09. The molecule has 1 heterocycles. The van der Waals surface area contributed by atoms with Crippen LogP contribution in [-0.2, 0) is 5.41 Å². The monoisotopic (exact) mass is 703 g/mol. The zero-order valence-electron chi connectivity index (χ0n) is 30.8. The third-order valence-corrected chi connectivity index (χ3v) is 11.9. The van der Waals surface area contributed by atoms with Crippen LogP contribution in [0, 0.1) is 0 Å². The smallest absolute Gasteiger partial charge is 0.136 e. The minimum Gasteiger partial charge on any atom is -0.456 e. The third kappa shape index (κ3) is 4.88. The number of nitrogens with zero attached hydrogens (tertiary/aromatic N) is 1. The average molecular weight is 704 g/mol. The molecule has 10 aromatic rings. The molecule has 9 aromatic carbocycles. The highest BCUT2D eigenvalue weighted by molar-refractivity contribution is 6.19. The summed E-state index contributed by atoms with van der Waals surface area (Å²) in [5.74, 6) is 0. The molecule has 11 rings (SSSR count). The number of para-hydroxylation sites is 2. The molecule has 0 aliphatic heterocycles. The number of fused-ring (bicyclic) bond motifs is 9. The number of hydrogen-bond donors (Lipinski definition) is 0. The number of hydrogen-bond acceptors (Lipinski definition) is 2. The molecule has 55 heavy (non-hydrogen) atoms. The van der Waals surface area contributed by atoms with Crippen molar-refractivity contribution in [2.75, 3.05) is 4.90 Å². The van der Waals surface area contributed by atoms with Gasteiger partial charge in [0.2, 0.25) is 0 Å². The van der Waals surface area contributed by atoms with Gasteiger partial charge in [0.1, 0.15) is 11.2 Å². The fourth-order valence-electron chi connectivity index (χ4n) is 9.16. The molecule has 2 heteroatoms. The summed E-state index contributed by atoms with van der Waals surface area (Å²) in [6, 6.07) is 68.6. The van der Waals surface area contributed by atoms with E-state index in [-0.39, 0.29) is 5.41 Å². The van der Waals surface area contributed by atoms with Gasteiger partial charge in [0.15, 0.2) is 0 Å². The summed E-state index contributed by atoms with van der Waals surface area (Å²) < 4.78 is 6.25. The number of rotatable bonds is 5. The highest BCUT2D eigenvalue weighted by Gasteiger charge is 2.35. The standard InChI is InChI=1S/C53H37NO/c1-53(2)47-19-8-5-15-42(47)46-33-39(29-30-48(46)53)54(49-20-9-6-16-43(49)41-18-11-13-35-12-3-4-14-40(35)41)38-27-24-34(25-28-38)37-23-22-36-26-31-51-52(45(36)32-37)44-17-7-10-21-50(44)55-51/h3-33H,1-2H3. The first kappa shape index (κ1) is 31.6. The SMILES string of the molecule is CC1(C)c2ccccc2-c2cc(N(c3ccc(-c4ccc5ccc6oc7ccccc7c6c5c4)cc3)c3ccccc3-c3cccc4ccccc34)ccc21. The van der Waals surface area contributed by atoms with Crippen LogP contribution in [0.2, 0.25) is 0 Å². The quantitative estimate of drug-likeness (QED) is 0.177. The van der Waals surface area contributed by atoms with Crippen molar-refractivity contribution in [1.29, 1.82) is 0 Å². The molecule has 0 radical (unpaired) electrons. The van der Waals surface area contributed by atoms with E-state index >= 15 is 0 Å². The Bertz CT molecular complexity index is 3120. The van der Waals surface area contributed by atoms with E-state index in [2.05, 4.69) is 201 Å². The van der Waals surface area contributed by atoms with Crippen molar-refractivity contribution >= 4 is 60.5 Å². The Labute approximate surface area is 320 Å². The van der Waals surface area contributed by atoms with Gasteiger partial charge in [0.25, 0.3) is 0 Å². The van der Waals surface area contributed by atoms with Crippen LogP contribution < -0.4 is 4.90 Å². The maximum absolute atomic E-state index is 6.25. The lowest BCUT2D eigenvalue weighted by Gasteiger charge is -2.29. The van der Waals surface area contributed by atoms with Crippen molar-refractivity contribution in [3.05, 3.63) is 199 Å². The topological polar surface area (TPSA) is 16.4 Å². The van der Waals surface area contributed by atoms with Crippen molar-refractivity contribution in [2.24, 2.45) is 0 Å². The van der Waals surface area contributed by atoms with Crippen LogP contribution >= 0.6 is 0 Å². The van der Waals surface area contributed by atoms with Gasteiger partial charge in [-0.15, -0.1) is 0 Å². The molecular weight excluding hydrogens is 667 g/mol. The van der Waals surface area contributed by atoms with Gasteiger partial charge in [-0.2, -0.15) is 0 Å². The van der Waals surface area contributed by atoms with Crippen molar-refractivity contribution in [2.45, 2.75) is 19.3 Å². The van der Waals surface area contributed by atoms with Gasteiger partial charge in [-0.05, 0) is 109 Å². The minimum absolute atomic E-state index is 0.0635. The van der Waals surface area contributed by atoms with Gasteiger partial charge in [-0.1, -0.05) is 153 Å². The third-order valence-electron chi connectivity index (χ3n) is 11.9. The van der Waals surface area contributed by atoms with Gasteiger partial charge < -0.3 is 9.32 Å². The molecule has 260 valence electrons. The summed E-state index contributed by atoms with van der Waals surface area (Å²) in [6.45, 7) is 4.69. The van der Waals surface area contributed by atoms with Gasteiger partial charge in [-0.3, -0.25) is 0 Å². The lowest BCUT2D eigenvalue weighted by atomic mass is 9.82. The molecule has 0 spiro atoms. The first-order chi connectivity index (χ1) is 27.0. The summed E-state index contributed by atoms with van der Waals surface area (Å²) in [4.78, 5) is 2.44. The van der Waals surface area contributed by atoms with Crippen LogP contribution in [0.3, 0.4) is 0 Å². The molecule has 0 fully saturated rings. The van der Waals surface area contributed by atoms with Gasteiger partial charge in [-0.25, -0.2) is 0 Å². The van der Waals surface area contributed by atoms with E-state index in [1.54, 1.807) is 0 Å². The van der Waals surface area contributed by atoms with Crippen LogP contribution in [0.5, 0.6) is 0 Å². The van der Waals surface area contributed by atoms with E-state index in [1.165, 1.54) is 71.4 Å². The maximum Gasteiger partial charge on any atom is 0.136 e. The molecule has 0 atom stereocenters. The van der Waals surface area contributed by atoms with Crippen LogP contribution in [0.25, 0.3) is 76.9 Å². The number of furan rings is 1. The summed E-state index contributed by atoms with van der Waals surface area (Å²) in [5, 5.41) is 7.21. The Morgan fingerprint density at radius 2 is 1.04 bits per heavy atom. The van der Waals surface area contributed by atoms with Crippen LogP contribution in [-0.4, -0.2) is 0 Å². The second kappa shape index (κ2) is 12.1. The molecule has 1 aliphatic rings. The Kier molecular flexibility index (Phi) is 6.93. The van der Waals surface area contributed by atoms with Crippen LogP contribution in [0.4, 0.5) is 17.1 Å². The van der Waals surface area contributed by atoms with Gasteiger partial charge in [0.05, 0.1) is 5.69 Å². The van der Waals surface area contributed by atoms with Crippen molar-refractivity contribution in [3.8, 4) is 33.4 Å². The Hall–Kier alpha value is -6.90. The summed E-state index contributed by atoms with van der Waals surface area (Å²) in [5.41, 5.74) is 15.3. The fourth-order valence-corrected chi connectivity index (χ4v) is 9.16. The summed E-state index contributed by atoms with van der Waals surface area (Å²) in [6.07, 6.45) is 0. The predicted octanol–water partition coefficient (Wildman–Crippen LogP) is 15.0. The zero-order chi connectivity index (χ0) is 36.7. The van der Waals surface area contributed by atoms with E-state index in [9.17, 15) is 0 Å². The minimum atomic E-state index is -0.0635. The molecular formula is C53H37NO. The lowest BCUT2D eigenvalue weighted by molar-refractivity contribution is 0.660. The second-order valence-corrected chi connectivity index (χ2v) is 15.3. The first-order valence-corrected chi connectivity index (χ1v) is 19.1. The Morgan fingerprint density at radius 1 is 0.400 bits per heavy atom. The normalized spacial score (nSPS) is 13.1. The van der Waals surface area contributed by atoms with E-state index in [0.29, 0.717) is 0 Å². The van der Waals surface area contributed by atoms with Crippen molar-refractivity contribution in [3.63, 3.8) is 0 Å². The van der Waals surface area contributed by atoms with Crippen LogP contribution in [0.1, 0.15) is 25.0 Å². The number of anilines is 3. The van der Waals surface area contributed by atoms with E-state index in [4.69, 9.17) is 4.42 Å². The zero-order valence-corrected chi connectivity index (χ0v) is 30.8. The molecule has 0 bridgehead atoms. The van der Waals surface area contributed by atoms with Crippen molar-refractivity contribution < 1.29 is 4.42 Å². The summed E-state index contributed by atoms with van der Waals surface area (Å²) in [7, 11) is 0. The van der Waals surface area contributed by atoms with Gasteiger partial charge in [0, 0.05) is 33.1 Å². The Morgan fingerprint density at radius 3 is 1.93 bits per heavy atom. The first-order valence-electron chi connectivity index (χ1n) is 19.1. The summed E-state index contributed by atoms with van der Waals surface area (Å²) >= 11 is 0. The van der Waals surface area contributed by atoms with E-state index in [0.717, 1.165) is 33.6 Å². The number of benzene rings is 9.